The summed E-state index contributed by atoms with van der Waals surface area (Å²) in [5.41, 5.74) is 2.28. The van der Waals surface area contributed by atoms with E-state index in [1.807, 2.05) is 0 Å². The molecule has 0 unspecified atom stereocenters. The molecule has 40 heavy (non-hydrogen) atoms. The normalized spacial score (nSPS) is 16.8. The first kappa shape index (κ1) is 27.2. The fraction of sp³-hybridized carbons (Fsp3) is 0.370. The van der Waals surface area contributed by atoms with Gasteiger partial charge in [0.1, 0.15) is 17.7 Å². The lowest BCUT2D eigenvalue weighted by Crippen LogP contribution is -2.58. The molecular formula is C27H27F3N6O4. The SMILES string of the molecule is CCOC(=O)Cc1c(C)nn(-c2cc(OC3CN(C(=O)N4N=CC[C@H]4c4cc(F)cc(F)c4)C3)c(F)cn2)c1C. The van der Waals surface area contributed by atoms with E-state index < -0.39 is 35.6 Å². The zero-order valence-electron chi connectivity index (χ0n) is 22.1. The number of hydrazone groups is 1. The number of hydrogen-bond acceptors (Lipinski definition) is 7. The minimum Gasteiger partial charge on any atom is -0.483 e. The van der Waals surface area contributed by atoms with E-state index in [1.165, 1.54) is 39.0 Å². The molecule has 0 radical (unpaired) electrons. The average Bonchev–Trinajstić information content (AvgIpc) is 3.47. The van der Waals surface area contributed by atoms with Gasteiger partial charge in [0, 0.05) is 36.0 Å². The van der Waals surface area contributed by atoms with Crippen LogP contribution in [0.25, 0.3) is 5.82 Å². The van der Waals surface area contributed by atoms with Gasteiger partial charge in [-0.05, 0) is 38.5 Å². The lowest BCUT2D eigenvalue weighted by atomic mass is 10.0. The molecule has 0 bridgehead atoms. The van der Waals surface area contributed by atoms with Gasteiger partial charge in [0.2, 0.25) is 0 Å². The van der Waals surface area contributed by atoms with E-state index in [0.717, 1.165) is 12.3 Å². The van der Waals surface area contributed by atoms with Crippen LogP contribution in [0.15, 0.2) is 35.6 Å². The molecule has 1 atom stereocenters. The summed E-state index contributed by atoms with van der Waals surface area (Å²) < 4.78 is 54.4. The number of hydrogen-bond donors (Lipinski definition) is 0. The molecule has 4 heterocycles. The van der Waals surface area contributed by atoms with E-state index in [4.69, 9.17) is 9.47 Å². The van der Waals surface area contributed by atoms with Crippen LogP contribution in [0.2, 0.25) is 0 Å². The topological polar surface area (TPSA) is 102 Å². The molecule has 3 aromatic rings. The summed E-state index contributed by atoms with van der Waals surface area (Å²) in [6, 6.07) is 3.45. The molecule has 0 spiro atoms. The lowest BCUT2D eigenvalue weighted by molar-refractivity contribution is -0.142. The summed E-state index contributed by atoms with van der Waals surface area (Å²) >= 11 is 0. The zero-order chi connectivity index (χ0) is 28.6. The number of carbonyl (C=O) groups excluding carboxylic acids is 2. The van der Waals surface area contributed by atoms with Crippen LogP contribution in [0.4, 0.5) is 18.0 Å². The Kier molecular flexibility index (Phi) is 7.46. The molecule has 0 saturated carbocycles. The third-order valence-electron chi connectivity index (χ3n) is 6.80. The Bertz CT molecular complexity index is 1470. The van der Waals surface area contributed by atoms with Crippen LogP contribution < -0.4 is 4.74 Å². The van der Waals surface area contributed by atoms with Crippen molar-refractivity contribution < 1.29 is 32.2 Å². The van der Waals surface area contributed by atoms with Crippen LogP contribution in [-0.4, -0.2) is 68.7 Å². The third-order valence-corrected chi connectivity index (χ3v) is 6.80. The molecule has 1 saturated heterocycles. The summed E-state index contributed by atoms with van der Waals surface area (Å²) in [6.07, 6.45) is 2.42. The van der Waals surface area contributed by atoms with Gasteiger partial charge in [-0.2, -0.15) is 10.2 Å². The van der Waals surface area contributed by atoms with Crippen LogP contribution in [-0.2, 0) is 16.0 Å². The summed E-state index contributed by atoms with van der Waals surface area (Å²) in [5, 5.41) is 9.73. The second kappa shape index (κ2) is 11.0. The van der Waals surface area contributed by atoms with Crippen molar-refractivity contribution in [2.45, 2.75) is 45.8 Å². The Balaban J connectivity index is 1.24. The lowest BCUT2D eigenvalue weighted by Gasteiger charge is -2.41. The molecular weight excluding hydrogens is 529 g/mol. The molecule has 0 aliphatic carbocycles. The first-order chi connectivity index (χ1) is 19.1. The standard InChI is InChI=1S/C27H27F3N6O4/c1-4-39-26(37)10-21-15(2)33-35(16(21)3)25-11-24(22(30)12-31-25)40-20-13-34(14-20)27(38)36-23(5-6-32-36)17-7-18(28)9-19(29)8-17/h6-9,11-12,20,23H,4-5,10,13-14H2,1-3H3/t23-/m0/s1. The van der Waals surface area contributed by atoms with Gasteiger partial charge in [-0.25, -0.2) is 32.6 Å². The third kappa shape index (κ3) is 5.36. The smallest absolute Gasteiger partial charge is 0.341 e. The van der Waals surface area contributed by atoms with Gasteiger partial charge in [-0.3, -0.25) is 4.79 Å². The first-order valence-corrected chi connectivity index (χ1v) is 12.7. The number of likely N-dealkylation sites (tertiary alicyclic amines) is 1. The van der Waals surface area contributed by atoms with Crippen LogP contribution >= 0.6 is 0 Å². The number of esters is 1. The number of amides is 2. The highest BCUT2D eigenvalue weighted by Crippen LogP contribution is 2.32. The molecule has 2 aliphatic heterocycles. The van der Waals surface area contributed by atoms with Crippen molar-refractivity contribution in [3.05, 3.63) is 70.4 Å². The number of benzene rings is 1. The van der Waals surface area contributed by atoms with Crippen LogP contribution in [0.1, 0.15) is 41.9 Å². The second-order valence-electron chi connectivity index (χ2n) is 9.54. The summed E-state index contributed by atoms with van der Waals surface area (Å²) in [4.78, 5) is 30.6. The highest BCUT2D eigenvalue weighted by Gasteiger charge is 2.39. The van der Waals surface area contributed by atoms with Crippen molar-refractivity contribution in [2.24, 2.45) is 5.10 Å². The van der Waals surface area contributed by atoms with Gasteiger partial charge in [0.15, 0.2) is 17.4 Å². The number of rotatable bonds is 7. The Morgan fingerprint density at radius 2 is 1.80 bits per heavy atom. The van der Waals surface area contributed by atoms with Gasteiger partial charge in [-0.15, -0.1) is 0 Å². The van der Waals surface area contributed by atoms with Gasteiger partial charge >= 0.3 is 12.0 Å². The number of ether oxygens (including phenoxy) is 2. The molecule has 5 rings (SSSR count). The number of urea groups is 1. The first-order valence-electron chi connectivity index (χ1n) is 12.7. The van der Waals surface area contributed by atoms with Crippen molar-refractivity contribution in [3.63, 3.8) is 0 Å². The summed E-state index contributed by atoms with van der Waals surface area (Å²) in [7, 11) is 0. The Morgan fingerprint density at radius 3 is 2.50 bits per heavy atom. The molecule has 1 fully saturated rings. The highest BCUT2D eigenvalue weighted by molar-refractivity contribution is 5.79. The van der Waals surface area contributed by atoms with Crippen LogP contribution in [0, 0.1) is 31.3 Å². The van der Waals surface area contributed by atoms with E-state index in [2.05, 4.69) is 15.2 Å². The van der Waals surface area contributed by atoms with E-state index in [0.29, 0.717) is 34.8 Å². The van der Waals surface area contributed by atoms with Gasteiger partial charge < -0.3 is 14.4 Å². The summed E-state index contributed by atoms with van der Waals surface area (Å²) in [6.45, 7) is 5.87. The Hall–Kier alpha value is -4.42. The molecule has 210 valence electrons. The number of aryl methyl sites for hydroxylation is 1. The molecule has 13 heteroatoms. The Morgan fingerprint density at radius 1 is 1.07 bits per heavy atom. The fourth-order valence-corrected chi connectivity index (χ4v) is 4.76. The van der Waals surface area contributed by atoms with Gasteiger partial charge in [-0.1, -0.05) is 0 Å². The monoisotopic (exact) mass is 556 g/mol. The number of aromatic nitrogens is 3. The number of halogens is 3. The average molecular weight is 557 g/mol. The molecule has 10 nitrogen and oxygen atoms in total. The highest BCUT2D eigenvalue weighted by atomic mass is 19.1. The van der Waals surface area contributed by atoms with Crippen molar-refractivity contribution in [1.82, 2.24) is 24.7 Å². The molecule has 0 N–H and O–H groups in total. The molecule has 2 amide bonds. The van der Waals surface area contributed by atoms with Gasteiger partial charge in [0.25, 0.3) is 0 Å². The predicted octanol–water partition coefficient (Wildman–Crippen LogP) is 4.02. The largest absolute Gasteiger partial charge is 0.483 e. The quantitative estimate of drug-likeness (QED) is 0.408. The van der Waals surface area contributed by atoms with E-state index in [9.17, 15) is 22.8 Å². The number of pyridine rings is 1. The summed E-state index contributed by atoms with van der Waals surface area (Å²) in [5.74, 6) is -2.28. The maximum absolute atomic E-state index is 14.6. The van der Waals surface area contributed by atoms with E-state index in [1.54, 1.807) is 20.8 Å². The maximum atomic E-state index is 14.6. The van der Waals surface area contributed by atoms with Gasteiger partial charge in [0.05, 0.1) is 44.0 Å². The zero-order valence-corrected chi connectivity index (χ0v) is 22.1. The van der Waals surface area contributed by atoms with Crippen LogP contribution in [0.3, 0.4) is 0 Å². The van der Waals surface area contributed by atoms with Crippen molar-refractivity contribution in [1.29, 1.82) is 0 Å². The predicted molar refractivity (Wildman–Crippen MR) is 137 cm³/mol. The maximum Gasteiger partial charge on any atom is 0.341 e. The van der Waals surface area contributed by atoms with E-state index in [-0.39, 0.29) is 37.8 Å². The molecule has 2 aromatic heterocycles. The van der Waals surface area contributed by atoms with Crippen molar-refractivity contribution in [2.75, 3.05) is 19.7 Å². The van der Waals surface area contributed by atoms with Crippen molar-refractivity contribution >= 4 is 18.2 Å². The molecule has 2 aliphatic rings. The minimum atomic E-state index is -0.735. The van der Waals surface area contributed by atoms with E-state index >= 15 is 0 Å². The minimum absolute atomic E-state index is 0.0536. The second-order valence-corrected chi connectivity index (χ2v) is 9.54. The van der Waals surface area contributed by atoms with Crippen LogP contribution in [0.5, 0.6) is 5.75 Å². The Labute approximate surface area is 228 Å². The van der Waals surface area contributed by atoms with Crippen molar-refractivity contribution in [3.8, 4) is 11.6 Å². The number of carbonyl (C=O) groups is 2. The molecule has 1 aromatic carbocycles. The fourth-order valence-electron chi connectivity index (χ4n) is 4.76. The number of nitrogens with zero attached hydrogens (tertiary/aromatic N) is 6.